The number of rotatable bonds is 5. The smallest absolute Gasteiger partial charge is 0.343 e. The van der Waals surface area contributed by atoms with Crippen molar-refractivity contribution in [2.45, 2.75) is 13.8 Å². The first kappa shape index (κ1) is 24.2. The Hall–Kier alpha value is -3.49. The highest BCUT2D eigenvalue weighted by Crippen LogP contribution is 2.24. The highest BCUT2D eigenvalue weighted by Gasteiger charge is 2.15. The third-order valence-corrected chi connectivity index (χ3v) is 5.42. The van der Waals surface area contributed by atoms with Crippen LogP contribution in [0.3, 0.4) is 0 Å². The van der Waals surface area contributed by atoms with Gasteiger partial charge in [0, 0.05) is 20.7 Å². The van der Waals surface area contributed by atoms with Crippen LogP contribution in [-0.4, -0.2) is 24.0 Å². The number of hydrazone groups is 1. The number of carbonyl (C=O) groups excluding carboxylic acids is 3. The van der Waals surface area contributed by atoms with Gasteiger partial charge in [-0.1, -0.05) is 51.3 Å². The second-order valence-electron chi connectivity index (χ2n) is 7.01. The number of carbonyl (C=O) groups is 3. The summed E-state index contributed by atoms with van der Waals surface area (Å²) < 4.78 is 6.20. The van der Waals surface area contributed by atoms with E-state index in [-0.39, 0.29) is 5.75 Å². The molecule has 0 heterocycles. The molecule has 9 heteroatoms. The van der Waals surface area contributed by atoms with E-state index in [4.69, 9.17) is 16.3 Å². The molecule has 7 nitrogen and oxygen atoms in total. The Bertz CT molecular complexity index is 1260. The van der Waals surface area contributed by atoms with Gasteiger partial charge in [0.05, 0.1) is 11.8 Å². The summed E-state index contributed by atoms with van der Waals surface area (Å²) in [4.78, 5) is 36.8. The maximum absolute atomic E-state index is 12.5. The Kier molecular flexibility index (Phi) is 7.97. The van der Waals surface area contributed by atoms with Gasteiger partial charge in [0.25, 0.3) is 0 Å². The topological polar surface area (TPSA) is 96.9 Å². The SMILES string of the molecule is Cc1cccc(C(=O)Oc2ccc(Br)cc2/C=N\NC(=O)C(=O)Nc2cccc(Cl)c2C)c1. The Morgan fingerprint density at radius 2 is 1.76 bits per heavy atom. The Labute approximate surface area is 203 Å². The number of nitrogens with one attached hydrogen (secondary N) is 2. The zero-order valence-corrected chi connectivity index (χ0v) is 20.0. The molecule has 2 N–H and O–H groups in total. The van der Waals surface area contributed by atoms with Crippen molar-refractivity contribution in [3.8, 4) is 5.75 Å². The van der Waals surface area contributed by atoms with Crippen molar-refractivity contribution >= 4 is 57.2 Å². The van der Waals surface area contributed by atoms with Crippen LogP contribution in [0.25, 0.3) is 0 Å². The molecule has 2 amide bonds. The number of hydrogen-bond donors (Lipinski definition) is 2. The molecule has 0 aliphatic carbocycles. The fourth-order valence-corrected chi connectivity index (χ4v) is 3.33. The molecule has 0 radical (unpaired) electrons. The molecule has 0 unspecified atom stereocenters. The number of halogens is 2. The molecule has 0 aromatic heterocycles. The minimum absolute atomic E-state index is 0.238. The predicted molar refractivity (Wildman–Crippen MR) is 131 cm³/mol. The predicted octanol–water partition coefficient (Wildman–Crippen LogP) is 5.03. The molecular formula is C24H19BrClN3O4. The highest BCUT2D eigenvalue weighted by molar-refractivity contribution is 9.10. The first-order valence-electron chi connectivity index (χ1n) is 9.72. The minimum Gasteiger partial charge on any atom is -0.422 e. The molecule has 168 valence electrons. The molecule has 0 saturated carbocycles. The van der Waals surface area contributed by atoms with Crippen LogP contribution >= 0.6 is 27.5 Å². The van der Waals surface area contributed by atoms with Gasteiger partial charge in [-0.2, -0.15) is 5.10 Å². The van der Waals surface area contributed by atoms with Gasteiger partial charge in [0.15, 0.2) is 0 Å². The zero-order valence-electron chi connectivity index (χ0n) is 17.7. The van der Waals surface area contributed by atoms with Crippen LogP contribution in [0.2, 0.25) is 5.02 Å². The number of ether oxygens (including phenoxy) is 1. The quantitative estimate of drug-likeness (QED) is 0.160. The fourth-order valence-electron chi connectivity index (χ4n) is 2.78. The van der Waals surface area contributed by atoms with Crippen molar-refractivity contribution in [3.63, 3.8) is 0 Å². The van der Waals surface area contributed by atoms with Crippen molar-refractivity contribution in [1.29, 1.82) is 0 Å². The summed E-state index contributed by atoms with van der Waals surface area (Å²) in [6.07, 6.45) is 1.28. The average Bonchev–Trinajstić information content (AvgIpc) is 2.78. The van der Waals surface area contributed by atoms with Gasteiger partial charge >= 0.3 is 17.8 Å². The van der Waals surface area contributed by atoms with E-state index in [1.165, 1.54) is 6.21 Å². The van der Waals surface area contributed by atoms with Gasteiger partial charge in [-0.15, -0.1) is 0 Å². The van der Waals surface area contributed by atoms with Crippen molar-refractivity contribution in [2.75, 3.05) is 5.32 Å². The maximum atomic E-state index is 12.5. The van der Waals surface area contributed by atoms with E-state index >= 15 is 0 Å². The van der Waals surface area contributed by atoms with Gasteiger partial charge < -0.3 is 10.1 Å². The number of benzene rings is 3. The number of hydrogen-bond acceptors (Lipinski definition) is 5. The average molecular weight is 529 g/mol. The summed E-state index contributed by atoms with van der Waals surface area (Å²) in [7, 11) is 0. The summed E-state index contributed by atoms with van der Waals surface area (Å²) in [5.74, 6) is -2.17. The van der Waals surface area contributed by atoms with Gasteiger partial charge in [-0.25, -0.2) is 10.2 Å². The van der Waals surface area contributed by atoms with Crippen LogP contribution < -0.4 is 15.5 Å². The summed E-state index contributed by atoms with van der Waals surface area (Å²) >= 11 is 9.37. The van der Waals surface area contributed by atoms with Crippen molar-refractivity contribution in [3.05, 3.63) is 92.4 Å². The molecule has 0 aliphatic rings. The third kappa shape index (κ3) is 6.50. The molecular weight excluding hydrogens is 510 g/mol. The molecule has 0 fully saturated rings. The summed E-state index contributed by atoms with van der Waals surface area (Å²) in [5.41, 5.74) is 4.96. The van der Waals surface area contributed by atoms with E-state index in [9.17, 15) is 14.4 Å². The van der Waals surface area contributed by atoms with E-state index in [0.29, 0.717) is 31.9 Å². The number of nitrogens with zero attached hydrogens (tertiary/aromatic N) is 1. The van der Waals surface area contributed by atoms with E-state index in [0.717, 1.165) is 5.56 Å². The first-order chi connectivity index (χ1) is 15.7. The largest absolute Gasteiger partial charge is 0.422 e. The van der Waals surface area contributed by atoms with Crippen molar-refractivity contribution < 1.29 is 19.1 Å². The van der Waals surface area contributed by atoms with Gasteiger partial charge in [0.2, 0.25) is 0 Å². The van der Waals surface area contributed by atoms with Crippen LogP contribution in [0, 0.1) is 13.8 Å². The van der Waals surface area contributed by atoms with Crippen LogP contribution in [0.4, 0.5) is 5.69 Å². The second-order valence-corrected chi connectivity index (χ2v) is 8.33. The lowest BCUT2D eigenvalue weighted by Gasteiger charge is -2.09. The lowest BCUT2D eigenvalue weighted by molar-refractivity contribution is -0.136. The Balaban J connectivity index is 1.68. The van der Waals surface area contributed by atoms with E-state index in [2.05, 4.69) is 31.8 Å². The molecule has 3 rings (SSSR count). The molecule has 0 aliphatic heterocycles. The molecule has 3 aromatic rings. The number of esters is 1. The summed E-state index contributed by atoms with van der Waals surface area (Å²) in [6, 6.07) is 16.9. The Morgan fingerprint density at radius 1 is 1.00 bits per heavy atom. The third-order valence-electron chi connectivity index (χ3n) is 4.52. The van der Waals surface area contributed by atoms with Crippen LogP contribution in [-0.2, 0) is 9.59 Å². The molecule has 0 saturated heterocycles. The van der Waals surface area contributed by atoms with Gasteiger partial charge in [0.1, 0.15) is 5.75 Å². The molecule has 0 spiro atoms. The standard InChI is InChI=1S/C24H19BrClN3O4/c1-14-5-3-6-16(11-14)24(32)33-21-10-9-18(25)12-17(21)13-27-29-23(31)22(30)28-20-8-4-7-19(26)15(20)2/h3-13H,1-2H3,(H,28,30)(H,29,31)/b27-13-. The van der Waals surface area contributed by atoms with Crippen molar-refractivity contribution in [1.82, 2.24) is 5.43 Å². The highest BCUT2D eigenvalue weighted by atomic mass is 79.9. The summed E-state index contributed by atoms with van der Waals surface area (Å²) in [5, 5.41) is 6.77. The summed E-state index contributed by atoms with van der Waals surface area (Å²) in [6.45, 7) is 3.60. The first-order valence-corrected chi connectivity index (χ1v) is 10.9. The number of anilines is 1. The number of aryl methyl sites for hydroxylation is 1. The van der Waals surface area contributed by atoms with Crippen LogP contribution in [0.1, 0.15) is 27.0 Å². The molecule has 3 aromatic carbocycles. The zero-order chi connectivity index (χ0) is 24.0. The second kappa shape index (κ2) is 10.9. The maximum Gasteiger partial charge on any atom is 0.343 e. The van der Waals surface area contributed by atoms with E-state index in [1.807, 2.05) is 13.0 Å². The lowest BCUT2D eigenvalue weighted by atomic mass is 10.1. The Morgan fingerprint density at radius 3 is 2.52 bits per heavy atom. The normalized spacial score (nSPS) is 10.7. The van der Waals surface area contributed by atoms with E-state index < -0.39 is 17.8 Å². The van der Waals surface area contributed by atoms with Gasteiger partial charge in [-0.05, 0) is 61.9 Å². The fraction of sp³-hybridized carbons (Fsp3) is 0.0833. The minimum atomic E-state index is -0.973. The monoisotopic (exact) mass is 527 g/mol. The van der Waals surface area contributed by atoms with E-state index in [1.54, 1.807) is 61.5 Å². The van der Waals surface area contributed by atoms with Crippen LogP contribution in [0.5, 0.6) is 5.75 Å². The van der Waals surface area contributed by atoms with Crippen LogP contribution in [0.15, 0.2) is 70.2 Å². The van der Waals surface area contributed by atoms with Crippen molar-refractivity contribution in [2.24, 2.45) is 5.10 Å². The molecule has 0 bridgehead atoms. The number of amides is 2. The molecule has 0 atom stereocenters. The lowest BCUT2D eigenvalue weighted by Crippen LogP contribution is -2.32. The van der Waals surface area contributed by atoms with Gasteiger partial charge in [-0.3, -0.25) is 9.59 Å². The molecule has 33 heavy (non-hydrogen) atoms.